The molecule has 4 nitrogen and oxygen atoms in total. The summed E-state index contributed by atoms with van der Waals surface area (Å²) >= 11 is 0. The molecule has 0 fully saturated rings. The molecule has 19 heavy (non-hydrogen) atoms. The number of hydrogen-bond acceptors (Lipinski definition) is 3. The Kier molecular flexibility index (Phi) is 4.47. The smallest absolute Gasteiger partial charge is 0.270 e. The van der Waals surface area contributed by atoms with E-state index in [9.17, 15) is 9.90 Å². The standard InChI is InChI=1S/C15H18N2O2/c1-2-5-12(18)10-17-15(19)14-13-7-4-3-6-11(13)8-9-16-14/h3-4,6-9,12,18H,2,5,10H2,1H3,(H,17,19). The molecule has 0 aliphatic heterocycles. The van der Waals surface area contributed by atoms with Crippen molar-refractivity contribution in [3.05, 3.63) is 42.2 Å². The largest absolute Gasteiger partial charge is 0.391 e. The fraction of sp³-hybridized carbons (Fsp3) is 0.333. The predicted octanol–water partition coefficient (Wildman–Crippen LogP) is 2.13. The first kappa shape index (κ1) is 13.5. The van der Waals surface area contributed by atoms with Crippen molar-refractivity contribution in [2.75, 3.05) is 6.54 Å². The van der Waals surface area contributed by atoms with E-state index in [-0.39, 0.29) is 12.5 Å². The van der Waals surface area contributed by atoms with Crippen LogP contribution in [0.25, 0.3) is 10.8 Å². The molecular weight excluding hydrogens is 240 g/mol. The van der Waals surface area contributed by atoms with E-state index in [1.807, 2.05) is 37.3 Å². The molecule has 2 rings (SSSR count). The second-order valence-electron chi connectivity index (χ2n) is 4.53. The number of rotatable bonds is 5. The number of pyridine rings is 1. The molecule has 1 unspecified atom stereocenters. The summed E-state index contributed by atoms with van der Waals surface area (Å²) in [6.07, 6.45) is 2.70. The number of carbonyl (C=O) groups excluding carboxylic acids is 1. The number of benzene rings is 1. The van der Waals surface area contributed by atoms with Crippen LogP contribution in [0.2, 0.25) is 0 Å². The average molecular weight is 258 g/mol. The molecule has 0 spiro atoms. The van der Waals surface area contributed by atoms with Crippen molar-refractivity contribution in [1.29, 1.82) is 0 Å². The molecule has 0 bridgehead atoms. The van der Waals surface area contributed by atoms with Gasteiger partial charge in [-0.25, -0.2) is 0 Å². The van der Waals surface area contributed by atoms with Crippen molar-refractivity contribution in [2.24, 2.45) is 0 Å². The molecule has 0 saturated heterocycles. The maximum absolute atomic E-state index is 12.1. The quantitative estimate of drug-likeness (QED) is 0.863. The molecule has 1 aromatic heterocycles. The number of aliphatic hydroxyl groups is 1. The van der Waals surface area contributed by atoms with E-state index in [1.54, 1.807) is 6.20 Å². The maximum atomic E-state index is 12.1. The first-order valence-electron chi connectivity index (χ1n) is 6.52. The summed E-state index contributed by atoms with van der Waals surface area (Å²) < 4.78 is 0. The van der Waals surface area contributed by atoms with Gasteiger partial charge in [-0.1, -0.05) is 37.6 Å². The predicted molar refractivity (Wildman–Crippen MR) is 75.0 cm³/mol. The minimum absolute atomic E-state index is 0.244. The van der Waals surface area contributed by atoms with Crippen molar-refractivity contribution in [3.8, 4) is 0 Å². The highest BCUT2D eigenvalue weighted by molar-refractivity contribution is 6.05. The van der Waals surface area contributed by atoms with Crippen LogP contribution in [0.4, 0.5) is 0 Å². The Hall–Kier alpha value is -1.94. The Bertz CT molecular complexity index is 564. The lowest BCUT2D eigenvalue weighted by molar-refractivity contribution is 0.0907. The normalized spacial score (nSPS) is 12.3. The van der Waals surface area contributed by atoms with Gasteiger partial charge in [0, 0.05) is 18.1 Å². The van der Waals surface area contributed by atoms with Crippen LogP contribution in [0.1, 0.15) is 30.3 Å². The fourth-order valence-corrected chi connectivity index (χ4v) is 2.03. The Morgan fingerprint density at radius 3 is 2.95 bits per heavy atom. The number of amides is 1. The number of nitrogens with zero attached hydrogens (tertiary/aromatic N) is 1. The molecule has 2 aromatic rings. The van der Waals surface area contributed by atoms with Crippen LogP contribution >= 0.6 is 0 Å². The minimum atomic E-state index is -0.496. The van der Waals surface area contributed by atoms with Crippen molar-refractivity contribution in [1.82, 2.24) is 10.3 Å². The topological polar surface area (TPSA) is 62.2 Å². The van der Waals surface area contributed by atoms with E-state index in [1.165, 1.54) is 0 Å². The van der Waals surface area contributed by atoms with Crippen LogP contribution in [0.5, 0.6) is 0 Å². The van der Waals surface area contributed by atoms with E-state index >= 15 is 0 Å². The van der Waals surface area contributed by atoms with Gasteiger partial charge in [-0.2, -0.15) is 0 Å². The highest BCUT2D eigenvalue weighted by atomic mass is 16.3. The number of nitrogens with one attached hydrogen (secondary N) is 1. The Balaban J connectivity index is 2.13. The zero-order valence-corrected chi connectivity index (χ0v) is 11.0. The summed E-state index contributed by atoms with van der Waals surface area (Å²) in [5, 5.41) is 14.2. The third kappa shape index (κ3) is 3.29. The van der Waals surface area contributed by atoms with Crippen LogP contribution < -0.4 is 5.32 Å². The Morgan fingerprint density at radius 1 is 1.37 bits per heavy atom. The van der Waals surface area contributed by atoms with Gasteiger partial charge in [0.25, 0.3) is 5.91 Å². The molecule has 1 amide bonds. The summed E-state index contributed by atoms with van der Waals surface area (Å²) in [7, 11) is 0. The van der Waals surface area contributed by atoms with Gasteiger partial charge in [0.05, 0.1) is 6.10 Å². The van der Waals surface area contributed by atoms with Crippen LogP contribution in [0.15, 0.2) is 36.5 Å². The van der Waals surface area contributed by atoms with E-state index in [4.69, 9.17) is 0 Å². The molecule has 1 atom stereocenters. The lowest BCUT2D eigenvalue weighted by atomic mass is 10.1. The molecule has 4 heteroatoms. The van der Waals surface area contributed by atoms with Gasteiger partial charge in [0.1, 0.15) is 5.69 Å². The van der Waals surface area contributed by atoms with Gasteiger partial charge >= 0.3 is 0 Å². The van der Waals surface area contributed by atoms with E-state index in [2.05, 4.69) is 10.3 Å². The third-order valence-corrected chi connectivity index (χ3v) is 3.01. The number of aromatic nitrogens is 1. The van der Waals surface area contributed by atoms with Crippen molar-refractivity contribution < 1.29 is 9.90 Å². The molecule has 1 aromatic carbocycles. The Labute approximate surface area is 112 Å². The molecule has 2 N–H and O–H groups in total. The van der Waals surface area contributed by atoms with E-state index in [0.29, 0.717) is 12.1 Å². The lowest BCUT2D eigenvalue weighted by Gasteiger charge is -2.11. The van der Waals surface area contributed by atoms with Gasteiger partial charge in [-0.05, 0) is 17.9 Å². The van der Waals surface area contributed by atoms with Gasteiger partial charge in [-0.15, -0.1) is 0 Å². The maximum Gasteiger partial charge on any atom is 0.270 e. The SMILES string of the molecule is CCCC(O)CNC(=O)c1nccc2ccccc12. The monoisotopic (exact) mass is 258 g/mol. The molecular formula is C15H18N2O2. The van der Waals surface area contributed by atoms with Crippen molar-refractivity contribution >= 4 is 16.7 Å². The molecule has 0 aliphatic rings. The second-order valence-corrected chi connectivity index (χ2v) is 4.53. The first-order chi connectivity index (χ1) is 9.22. The average Bonchev–Trinajstić information content (AvgIpc) is 2.44. The lowest BCUT2D eigenvalue weighted by Crippen LogP contribution is -2.32. The molecule has 0 radical (unpaired) electrons. The van der Waals surface area contributed by atoms with Crippen LogP contribution in [-0.4, -0.2) is 28.6 Å². The van der Waals surface area contributed by atoms with Crippen molar-refractivity contribution in [2.45, 2.75) is 25.9 Å². The Morgan fingerprint density at radius 2 is 2.16 bits per heavy atom. The highest BCUT2D eigenvalue weighted by Crippen LogP contribution is 2.16. The molecule has 0 saturated carbocycles. The number of fused-ring (bicyclic) bond motifs is 1. The summed E-state index contributed by atoms with van der Waals surface area (Å²) in [5.74, 6) is -0.244. The van der Waals surface area contributed by atoms with Gasteiger partial charge in [-0.3, -0.25) is 9.78 Å². The summed E-state index contributed by atoms with van der Waals surface area (Å²) in [6.45, 7) is 2.26. The van der Waals surface area contributed by atoms with E-state index in [0.717, 1.165) is 17.2 Å². The number of carbonyl (C=O) groups is 1. The van der Waals surface area contributed by atoms with Crippen LogP contribution in [0.3, 0.4) is 0 Å². The zero-order valence-electron chi connectivity index (χ0n) is 11.0. The first-order valence-corrected chi connectivity index (χ1v) is 6.52. The van der Waals surface area contributed by atoms with Gasteiger partial charge < -0.3 is 10.4 Å². The van der Waals surface area contributed by atoms with Crippen LogP contribution in [-0.2, 0) is 0 Å². The fourth-order valence-electron chi connectivity index (χ4n) is 2.03. The number of aliphatic hydroxyl groups excluding tert-OH is 1. The zero-order chi connectivity index (χ0) is 13.7. The molecule has 0 aliphatic carbocycles. The van der Waals surface area contributed by atoms with Gasteiger partial charge in [0.15, 0.2) is 0 Å². The summed E-state index contributed by atoms with van der Waals surface area (Å²) in [4.78, 5) is 16.2. The molecule has 1 heterocycles. The summed E-state index contributed by atoms with van der Waals surface area (Å²) in [6, 6.07) is 9.50. The summed E-state index contributed by atoms with van der Waals surface area (Å²) in [5.41, 5.74) is 0.404. The third-order valence-electron chi connectivity index (χ3n) is 3.01. The van der Waals surface area contributed by atoms with Crippen molar-refractivity contribution in [3.63, 3.8) is 0 Å². The highest BCUT2D eigenvalue weighted by Gasteiger charge is 2.12. The second kappa shape index (κ2) is 6.29. The number of hydrogen-bond donors (Lipinski definition) is 2. The minimum Gasteiger partial charge on any atom is -0.391 e. The van der Waals surface area contributed by atoms with Gasteiger partial charge in [0.2, 0.25) is 0 Å². The van der Waals surface area contributed by atoms with Crippen LogP contribution in [0, 0.1) is 0 Å². The van der Waals surface area contributed by atoms with E-state index < -0.39 is 6.10 Å². The molecule has 100 valence electrons.